The Morgan fingerprint density at radius 2 is 1.17 bits per heavy atom. The summed E-state index contributed by atoms with van der Waals surface area (Å²) in [7, 11) is 0. The summed E-state index contributed by atoms with van der Waals surface area (Å²) in [6.07, 6.45) is 1.93. The molecule has 0 saturated carbocycles. The molecule has 122 valence electrons. The fourth-order valence-electron chi connectivity index (χ4n) is 3.90. The molecular weight excluding hydrogens is 280 g/mol. The van der Waals surface area contributed by atoms with Crippen molar-refractivity contribution in [2.75, 3.05) is 0 Å². The lowest BCUT2D eigenvalue weighted by molar-refractivity contribution is 0.552. The first-order valence-electron chi connectivity index (χ1n) is 8.56. The molecule has 1 heterocycles. The molecule has 0 bridgehead atoms. The minimum absolute atomic E-state index is 0.0535. The molecule has 2 nitrogen and oxygen atoms in total. The van der Waals surface area contributed by atoms with Gasteiger partial charge in [0.25, 0.3) is 0 Å². The molecule has 0 unspecified atom stereocenters. The normalized spacial score (nSPS) is 13.7. The molecule has 0 saturated heterocycles. The summed E-state index contributed by atoms with van der Waals surface area (Å²) < 4.78 is 0. The van der Waals surface area contributed by atoms with Crippen LogP contribution in [0.3, 0.4) is 0 Å². The lowest BCUT2D eigenvalue weighted by Crippen LogP contribution is -2.24. The van der Waals surface area contributed by atoms with Gasteiger partial charge in [0.2, 0.25) is 0 Å². The van der Waals surface area contributed by atoms with Crippen LogP contribution in [0.4, 0.5) is 0 Å². The van der Waals surface area contributed by atoms with Crippen molar-refractivity contribution >= 4 is 0 Å². The second-order valence-electron chi connectivity index (χ2n) is 8.11. The van der Waals surface area contributed by atoms with Crippen molar-refractivity contribution in [3.05, 3.63) is 56.2 Å². The average molecular weight is 308 g/mol. The van der Waals surface area contributed by atoms with Gasteiger partial charge in [-0.15, -0.1) is 0 Å². The van der Waals surface area contributed by atoms with E-state index in [1.54, 1.807) is 0 Å². The van der Waals surface area contributed by atoms with Crippen molar-refractivity contribution in [1.29, 1.82) is 0 Å². The zero-order valence-corrected chi connectivity index (χ0v) is 15.8. The van der Waals surface area contributed by atoms with Crippen LogP contribution in [0.2, 0.25) is 0 Å². The Hall–Kier alpha value is -1.70. The molecule has 0 radical (unpaired) electrons. The molecule has 0 aliphatic heterocycles. The van der Waals surface area contributed by atoms with E-state index >= 15 is 0 Å². The van der Waals surface area contributed by atoms with Gasteiger partial charge in [-0.2, -0.15) is 0 Å². The van der Waals surface area contributed by atoms with Gasteiger partial charge in [-0.05, 0) is 68.0 Å². The third-order valence-corrected chi connectivity index (χ3v) is 5.57. The molecule has 3 rings (SSSR count). The minimum Gasteiger partial charge on any atom is -0.238 e. The Morgan fingerprint density at radius 1 is 0.652 bits per heavy atom. The number of benzene rings is 1. The summed E-state index contributed by atoms with van der Waals surface area (Å²) in [5.74, 6) is 0.898. The molecule has 2 heteroatoms. The highest BCUT2D eigenvalue weighted by Gasteiger charge is 2.29. The fraction of sp³-hybridized carbons (Fsp3) is 0.524. The molecule has 1 aromatic heterocycles. The second kappa shape index (κ2) is 5.15. The average Bonchev–Trinajstić information content (AvgIpc) is 2.47. The van der Waals surface area contributed by atoms with Gasteiger partial charge in [0.1, 0.15) is 5.82 Å². The Balaban J connectivity index is 2.27. The molecule has 1 aliphatic carbocycles. The molecule has 2 aromatic rings. The SMILES string of the molecule is Cc1nc2c(c(C(C)(C)C)n1)Cc1c(C)c(C)c(C)c(C)c1C2. The topological polar surface area (TPSA) is 25.8 Å². The van der Waals surface area contributed by atoms with Gasteiger partial charge in [-0.3, -0.25) is 0 Å². The number of hydrogen-bond acceptors (Lipinski definition) is 2. The van der Waals surface area contributed by atoms with Gasteiger partial charge in [-0.25, -0.2) is 9.97 Å². The Bertz CT molecular complexity index is 808. The van der Waals surface area contributed by atoms with E-state index in [9.17, 15) is 0 Å². The van der Waals surface area contributed by atoms with Crippen molar-refractivity contribution in [1.82, 2.24) is 9.97 Å². The second-order valence-corrected chi connectivity index (χ2v) is 8.11. The molecule has 0 amide bonds. The highest BCUT2D eigenvalue weighted by Crippen LogP contribution is 2.37. The van der Waals surface area contributed by atoms with Crippen LogP contribution in [-0.4, -0.2) is 9.97 Å². The van der Waals surface area contributed by atoms with Crippen LogP contribution < -0.4 is 0 Å². The maximum atomic E-state index is 4.81. The van der Waals surface area contributed by atoms with E-state index in [0.29, 0.717) is 0 Å². The van der Waals surface area contributed by atoms with Crippen LogP contribution in [0.5, 0.6) is 0 Å². The number of hydrogen-bond donors (Lipinski definition) is 0. The predicted octanol–water partition coefficient (Wildman–Crippen LogP) is 4.81. The minimum atomic E-state index is 0.0535. The third-order valence-electron chi connectivity index (χ3n) is 5.57. The Labute approximate surface area is 140 Å². The van der Waals surface area contributed by atoms with Gasteiger partial charge >= 0.3 is 0 Å². The molecule has 1 aliphatic rings. The van der Waals surface area contributed by atoms with Gasteiger partial charge in [0.15, 0.2) is 0 Å². The summed E-state index contributed by atoms with van der Waals surface area (Å²) in [6, 6.07) is 0. The monoisotopic (exact) mass is 308 g/mol. The van der Waals surface area contributed by atoms with Gasteiger partial charge in [-0.1, -0.05) is 20.8 Å². The molecule has 0 atom stereocenters. The van der Waals surface area contributed by atoms with Gasteiger partial charge < -0.3 is 0 Å². The van der Waals surface area contributed by atoms with Crippen LogP contribution in [0.15, 0.2) is 0 Å². The van der Waals surface area contributed by atoms with E-state index in [0.717, 1.165) is 18.7 Å². The number of aryl methyl sites for hydroxylation is 1. The van der Waals surface area contributed by atoms with E-state index in [1.807, 2.05) is 6.92 Å². The molecule has 0 N–H and O–H groups in total. The lowest BCUT2D eigenvalue weighted by atomic mass is 9.77. The number of nitrogens with zero attached hydrogens (tertiary/aromatic N) is 2. The maximum absolute atomic E-state index is 4.81. The van der Waals surface area contributed by atoms with Crippen molar-refractivity contribution in [2.24, 2.45) is 0 Å². The molecular formula is C21H28N2. The number of aromatic nitrogens is 2. The third kappa shape index (κ3) is 2.49. The number of rotatable bonds is 0. The summed E-state index contributed by atoms with van der Waals surface area (Å²) in [6.45, 7) is 17.8. The van der Waals surface area contributed by atoms with Crippen molar-refractivity contribution in [3.63, 3.8) is 0 Å². The van der Waals surface area contributed by atoms with Gasteiger partial charge in [0, 0.05) is 23.8 Å². The van der Waals surface area contributed by atoms with Crippen molar-refractivity contribution in [2.45, 2.75) is 73.6 Å². The van der Waals surface area contributed by atoms with Crippen LogP contribution >= 0.6 is 0 Å². The van der Waals surface area contributed by atoms with Crippen LogP contribution in [0.25, 0.3) is 0 Å². The molecule has 23 heavy (non-hydrogen) atoms. The van der Waals surface area contributed by atoms with Gasteiger partial charge in [0.05, 0.1) is 11.4 Å². The van der Waals surface area contributed by atoms with E-state index in [4.69, 9.17) is 9.97 Å². The van der Waals surface area contributed by atoms with E-state index in [1.165, 1.54) is 50.3 Å². The summed E-state index contributed by atoms with van der Waals surface area (Å²) in [4.78, 5) is 9.61. The smallest absolute Gasteiger partial charge is 0.125 e. The zero-order chi connectivity index (χ0) is 17.1. The lowest BCUT2D eigenvalue weighted by Gasteiger charge is -2.30. The predicted molar refractivity (Wildman–Crippen MR) is 96.5 cm³/mol. The molecule has 0 fully saturated rings. The largest absolute Gasteiger partial charge is 0.238 e. The van der Waals surface area contributed by atoms with Crippen LogP contribution in [0.1, 0.15) is 76.9 Å². The highest BCUT2D eigenvalue weighted by molar-refractivity contribution is 5.56. The first-order chi connectivity index (χ1) is 10.6. The maximum Gasteiger partial charge on any atom is 0.125 e. The standard InChI is InChI=1S/C21H28N2/c1-11-12(2)14(4)17-10-19-18(9-16(17)13(11)3)20(21(6,7)8)23-15(5)22-19/h9-10H2,1-8H3. The van der Waals surface area contributed by atoms with Crippen molar-refractivity contribution in [3.8, 4) is 0 Å². The van der Waals surface area contributed by atoms with Crippen LogP contribution in [0, 0.1) is 34.6 Å². The summed E-state index contributed by atoms with van der Waals surface area (Å²) >= 11 is 0. The van der Waals surface area contributed by atoms with Crippen molar-refractivity contribution < 1.29 is 0 Å². The Morgan fingerprint density at radius 3 is 1.70 bits per heavy atom. The summed E-state index contributed by atoms with van der Waals surface area (Å²) in [5, 5.41) is 0. The fourth-order valence-corrected chi connectivity index (χ4v) is 3.90. The quantitative estimate of drug-likeness (QED) is 0.595. The van der Waals surface area contributed by atoms with E-state index in [-0.39, 0.29) is 5.41 Å². The molecule has 1 aromatic carbocycles. The molecule has 0 spiro atoms. The first-order valence-corrected chi connectivity index (χ1v) is 8.56. The summed E-state index contributed by atoms with van der Waals surface area (Å²) in [5.41, 5.74) is 12.7. The van der Waals surface area contributed by atoms with Crippen LogP contribution in [-0.2, 0) is 18.3 Å². The van der Waals surface area contributed by atoms with E-state index in [2.05, 4.69) is 48.5 Å². The highest BCUT2D eigenvalue weighted by atomic mass is 14.9. The Kier molecular flexibility index (Phi) is 3.62. The zero-order valence-electron chi connectivity index (χ0n) is 15.8. The first kappa shape index (κ1) is 16.2. The van der Waals surface area contributed by atoms with E-state index < -0.39 is 0 Å². The number of fused-ring (bicyclic) bond motifs is 2.